The van der Waals surface area contributed by atoms with Crippen LogP contribution >= 0.6 is 11.3 Å². The van der Waals surface area contributed by atoms with Gasteiger partial charge in [-0.05, 0) is 37.3 Å². The minimum atomic E-state index is -0.0681. The van der Waals surface area contributed by atoms with Gasteiger partial charge < -0.3 is 5.32 Å². The molecule has 0 fully saturated rings. The van der Waals surface area contributed by atoms with Crippen LogP contribution in [0.2, 0.25) is 0 Å². The molecule has 148 valence electrons. The van der Waals surface area contributed by atoms with Crippen LogP contribution in [0.5, 0.6) is 0 Å². The van der Waals surface area contributed by atoms with Crippen molar-refractivity contribution in [3.8, 4) is 0 Å². The summed E-state index contributed by atoms with van der Waals surface area (Å²) in [6.07, 6.45) is 2.67. The number of carbonyl (C=O) groups excluding carboxylic acids is 1. The van der Waals surface area contributed by atoms with E-state index in [4.69, 9.17) is 0 Å². The summed E-state index contributed by atoms with van der Waals surface area (Å²) in [5, 5.41) is 3.81. The van der Waals surface area contributed by atoms with Gasteiger partial charge >= 0.3 is 0 Å². The molecule has 3 aromatic rings. The van der Waals surface area contributed by atoms with Crippen LogP contribution in [-0.4, -0.2) is 15.5 Å². The summed E-state index contributed by atoms with van der Waals surface area (Å²) in [6.45, 7) is 8.56. The van der Waals surface area contributed by atoms with Gasteiger partial charge in [-0.2, -0.15) is 0 Å². The van der Waals surface area contributed by atoms with Gasteiger partial charge in [-0.25, -0.2) is 4.98 Å². The molecule has 0 aliphatic carbocycles. The smallest absolute Gasteiger partial charge is 0.262 e. The van der Waals surface area contributed by atoms with Crippen LogP contribution in [0, 0.1) is 19.8 Å². The SMILES string of the molecule is Cc1sc2ncn(CCC(=O)N[C@@H](CC(C)C)c3ccccc3)c(=O)c2c1C. The molecule has 6 heteroatoms. The molecule has 28 heavy (non-hydrogen) atoms. The van der Waals surface area contributed by atoms with Crippen LogP contribution in [0.4, 0.5) is 0 Å². The third-order valence-corrected chi connectivity index (χ3v) is 6.10. The van der Waals surface area contributed by atoms with E-state index in [2.05, 4.69) is 24.1 Å². The number of hydrogen-bond acceptors (Lipinski definition) is 4. The quantitative estimate of drug-likeness (QED) is 0.644. The Hall–Kier alpha value is -2.47. The lowest BCUT2D eigenvalue weighted by molar-refractivity contribution is -0.122. The molecule has 0 bridgehead atoms. The van der Waals surface area contributed by atoms with E-state index in [0.29, 0.717) is 17.8 Å². The minimum absolute atomic E-state index is 0.0206. The van der Waals surface area contributed by atoms with Crippen molar-refractivity contribution in [3.05, 3.63) is 63.0 Å². The van der Waals surface area contributed by atoms with Crippen molar-refractivity contribution in [3.63, 3.8) is 0 Å². The Kier molecular flexibility index (Phi) is 6.29. The molecule has 0 spiro atoms. The average Bonchev–Trinajstić information content (AvgIpc) is 2.96. The molecule has 0 radical (unpaired) electrons. The summed E-state index contributed by atoms with van der Waals surface area (Å²) in [5.74, 6) is 0.407. The van der Waals surface area contributed by atoms with Crippen molar-refractivity contribution >= 4 is 27.5 Å². The van der Waals surface area contributed by atoms with Crippen LogP contribution in [0.25, 0.3) is 10.2 Å². The molecule has 1 N–H and O–H groups in total. The number of carbonyl (C=O) groups is 1. The van der Waals surface area contributed by atoms with Gasteiger partial charge in [-0.15, -0.1) is 11.3 Å². The number of fused-ring (bicyclic) bond motifs is 1. The highest BCUT2D eigenvalue weighted by Gasteiger charge is 2.17. The van der Waals surface area contributed by atoms with Crippen LogP contribution < -0.4 is 10.9 Å². The predicted molar refractivity (Wildman–Crippen MR) is 115 cm³/mol. The molecule has 3 rings (SSSR count). The highest BCUT2D eigenvalue weighted by atomic mass is 32.1. The maximum absolute atomic E-state index is 12.8. The van der Waals surface area contributed by atoms with Crippen molar-refractivity contribution in [1.82, 2.24) is 14.9 Å². The summed E-state index contributed by atoms with van der Waals surface area (Å²) < 4.78 is 1.54. The topological polar surface area (TPSA) is 64.0 Å². The Labute approximate surface area is 169 Å². The van der Waals surface area contributed by atoms with E-state index in [1.807, 2.05) is 44.2 Å². The van der Waals surface area contributed by atoms with Crippen LogP contribution in [-0.2, 0) is 11.3 Å². The van der Waals surface area contributed by atoms with E-state index in [-0.39, 0.29) is 23.9 Å². The Balaban J connectivity index is 1.71. The number of hydrogen-bond donors (Lipinski definition) is 1. The van der Waals surface area contributed by atoms with Crippen molar-refractivity contribution < 1.29 is 4.79 Å². The number of aromatic nitrogens is 2. The molecule has 0 saturated heterocycles. The summed E-state index contributed by atoms with van der Waals surface area (Å²) in [7, 11) is 0. The fraction of sp³-hybridized carbons (Fsp3) is 0.409. The summed E-state index contributed by atoms with van der Waals surface area (Å²) in [6, 6.07) is 10.0. The number of thiophene rings is 1. The number of rotatable bonds is 7. The first-order valence-corrected chi connectivity index (χ1v) is 10.5. The first-order chi connectivity index (χ1) is 13.4. The van der Waals surface area contributed by atoms with Gasteiger partial charge in [0, 0.05) is 17.8 Å². The number of aryl methyl sites for hydroxylation is 3. The zero-order valence-corrected chi connectivity index (χ0v) is 17.7. The number of nitrogens with one attached hydrogen (secondary N) is 1. The van der Waals surface area contributed by atoms with Gasteiger partial charge in [0.25, 0.3) is 5.56 Å². The second kappa shape index (κ2) is 8.69. The minimum Gasteiger partial charge on any atom is -0.349 e. The van der Waals surface area contributed by atoms with Crippen molar-refractivity contribution in [2.45, 2.75) is 53.1 Å². The third kappa shape index (κ3) is 4.50. The summed E-state index contributed by atoms with van der Waals surface area (Å²) in [5.41, 5.74) is 2.02. The fourth-order valence-electron chi connectivity index (χ4n) is 3.35. The molecule has 0 saturated carbocycles. The van der Waals surface area contributed by atoms with Crippen LogP contribution in [0.1, 0.15) is 48.7 Å². The van der Waals surface area contributed by atoms with E-state index < -0.39 is 0 Å². The van der Waals surface area contributed by atoms with Gasteiger partial charge in [0.2, 0.25) is 5.91 Å². The fourth-order valence-corrected chi connectivity index (χ4v) is 4.34. The van der Waals surface area contributed by atoms with Gasteiger partial charge in [0.05, 0.1) is 17.8 Å². The van der Waals surface area contributed by atoms with E-state index in [0.717, 1.165) is 27.3 Å². The Morgan fingerprint density at radius 3 is 2.61 bits per heavy atom. The maximum atomic E-state index is 12.8. The molecule has 0 aliphatic heterocycles. The highest BCUT2D eigenvalue weighted by Crippen LogP contribution is 2.25. The monoisotopic (exact) mass is 397 g/mol. The van der Waals surface area contributed by atoms with Gasteiger partial charge in [0.15, 0.2) is 0 Å². The lowest BCUT2D eigenvalue weighted by Crippen LogP contribution is -2.31. The van der Waals surface area contributed by atoms with Crippen molar-refractivity contribution in [2.24, 2.45) is 5.92 Å². The molecule has 0 aliphatic rings. The lowest BCUT2D eigenvalue weighted by atomic mass is 9.97. The van der Waals surface area contributed by atoms with Gasteiger partial charge in [0.1, 0.15) is 4.83 Å². The molecule has 5 nitrogen and oxygen atoms in total. The predicted octanol–water partition coefficient (Wildman–Crippen LogP) is 4.37. The normalized spacial score (nSPS) is 12.5. The standard InChI is InChI=1S/C22H27N3O2S/c1-14(2)12-18(17-8-6-5-7-9-17)24-19(26)10-11-25-13-23-21-20(22(25)27)15(3)16(4)28-21/h5-9,13-14,18H,10-12H2,1-4H3,(H,24,26)/t18-/m0/s1. The summed E-state index contributed by atoms with van der Waals surface area (Å²) >= 11 is 1.53. The second-order valence-electron chi connectivity index (χ2n) is 7.62. The number of nitrogens with zero attached hydrogens (tertiary/aromatic N) is 2. The Bertz CT molecular complexity index is 1020. The number of amides is 1. The first kappa shape index (κ1) is 20.3. The van der Waals surface area contributed by atoms with E-state index >= 15 is 0 Å². The molecular formula is C22H27N3O2S. The molecular weight excluding hydrogens is 370 g/mol. The molecule has 1 atom stereocenters. The zero-order valence-electron chi connectivity index (χ0n) is 16.9. The Morgan fingerprint density at radius 2 is 1.93 bits per heavy atom. The van der Waals surface area contributed by atoms with Gasteiger partial charge in [-0.1, -0.05) is 44.2 Å². The van der Waals surface area contributed by atoms with Crippen LogP contribution in [0.3, 0.4) is 0 Å². The number of benzene rings is 1. The molecule has 1 aromatic carbocycles. The van der Waals surface area contributed by atoms with E-state index in [1.165, 1.54) is 11.3 Å². The van der Waals surface area contributed by atoms with E-state index in [1.54, 1.807) is 10.9 Å². The summed E-state index contributed by atoms with van der Waals surface area (Å²) in [4.78, 5) is 31.6. The molecule has 1 amide bonds. The van der Waals surface area contributed by atoms with Crippen molar-refractivity contribution in [2.75, 3.05) is 0 Å². The lowest BCUT2D eigenvalue weighted by Gasteiger charge is -2.21. The van der Waals surface area contributed by atoms with Crippen molar-refractivity contribution in [1.29, 1.82) is 0 Å². The van der Waals surface area contributed by atoms with Gasteiger partial charge in [-0.3, -0.25) is 14.2 Å². The third-order valence-electron chi connectivity index (χ3n) is 4.98. The zero-order chi connectivity index (χ0) is 20.3. The highest BCUT2D eigenvalue weighted by molar-refractivity contribution is 7.18. The van der Waals surface area contributed by atoms with E-state index in [9.17, 15) is 9.59 Å². The first-order valence-electron chi connectivity index (χ1n) is 9.66. The molecule has 2 aromatic heterocycles. The maximum Gasteiger partial charge on any atom is 0.262 e. The Morgan fingerprint density at radius 1 is 1.21 bits per heavy atom. The largest absolute Gasteiger partial charge is 0.349 e. The molecule has 2 heterocycles. The van der Waals surface area contributed by atoms with Crippen LogP contribution in [0.15, 0.2) is 41.5 Å². The molecule has 0 unspecified atom stereocenters. The second-order valence-corrected chi connectivity index (χ2v) is 8.82. The average molecular weight is 398 g/mol.